The molecule has 0 radical (unpaired) electrons. The van der Waals surface area contributed by atoms with Crippen LogP contribution >= 0.6 is 15.2 Å². The molecule has 0 saturated carbocycles. The van der Waals surface area contributed by atoms with Gasteiger partial charge in [0, 0.05) is 0 Å². The van der Waals surface area contributed by atoms with Crippen molar-refractivity contribution in [1.29, 1.82) is 0 Å². The SMILES string of the molecule is Nc1nc2c(ncn2COC(COCP(=O)(O)O)COCP(=O)(O)O)c(=O)[nH]1. The lowest BCUT2D eigenvalue weighted by Gasteiger charge is -2.19. The van der Waals surface area contributed by atoms with E-state index in [0.29, 0.717) is 0 Å². The number of hydrogen-bond acceptors (Lipinski definition) is 9. The molecule has 0 aliphatic rings. The van der Waals surface area contributed by atoms with Gasteiger partial charge in [-0.15, -0.1) is 0 Å². The summed E-state index contributed by atoms with van der Waals surface area (Å²) in [6.45, 7) is -0.903. The maximum absolute atomic E-state index is 11.7. The molecule has 2 heterocycles. The second-order valence-corrected chi connectivity index (χ2v) is 8.76. The average Bonchev–Trinajstić information content (AvgIpc) is 2.93. The van der Waals surface area contributed by atoms with Crippen molar-refractivity contribution >= 4 is 32.3 Å². The molecule has 2 rings (SSSR count). The topological polar surface area (TPSA) is 232 Å². The molecule has 7 N–H and O–H groups in total. The molecule has 0 aromatic carbocycles. The van der Waals surface area contributed by atoms with Crippen LogP contribution in [0.1, 0.15) is 0 Å². The highest BCUT2D eigenvalue weighted by atomic mass is 31.2. The Hall–Kier alpha value is -1.67. The minimum atomic E-state index is -4.41. The maximum Gasteiger partial charge on any atom is 0.350 e. The molecule has 0 aliphatic carbocycles. The van der Waals surface area contributed by atoms with Crippen molar-refractivity contribution in [2.24, 2.45) is 0 Å². The molecule has 28 heavy (non-hydrogen) atoms. The van der Waals surface area contributed by atoms with E-state index in [1.165, 1.54) is 10.9 Å². The largest absolute Gasteiger partial charge is 0.369 e. The van der Waals surface area contributed by atoms with Crippen molar-refractivity contribution in [2.75, 3.05) is 31.6 Å². The molecular weight excluding hydrogens is 424 g/mol. The molecule has 0 aliphatic heterocycles. The Kier molecular flexibility index (Phi) is 7.45. The van der Waals surface area contributed by atoms with Crippen molar-refractivity contribution in [3.63, 3.8) is 0 Å². The van der Waals surface area contributed by atoms with Crippen LogP contribution in [0.4, 0.5) is 5.95 Å². The summed E-state index contributed by atoms with van der Waals surface area (Å²) in [5.41, 5.74) is 5.09. The van der Waals surface area contributed by atoms with Crippen LogP contribution in [-0.4, -0.2) is 71.1 Å². The minimum absolute atomic E-state index is 0.0184. The summed E-state index contributed by atoms with van der Waals surface area (Å²) in [6.07, 6.45) is -1.43. The van der Waals surface area contributed by atoms with Gasteiger partial charge in [-0.25, -0.2) is 4.98 Å². The van der Waals surface area contributed by atoms with E-state index in [4.69, 9.17) is 39.5 Å². The first-order chi connectivity index (χ1) is 12.9. The molecule has 0 fully saturated rings. The molecule has 17 heteroatoms. The molecule has 0 amide bonds. The van der Waals surface area contributed by atoms with Gasteiger partial charge in [-0.3, -0.25) is 23.5 Å². The first-order valence-electron chi connectivity index (χ1n) is 7.51. The molecule has 0 spiro atoms. The third kappa shape index (κ3) is 7.39. The van der Waals surface area contributed by atoms with Crippen LogP contribution in [0.3, 0.4) is 0 Å². The molecule has 158 valence electrons. The van der Waals surface area contributed by atoms with E-state index in [2.05, 4.69) is 15.0 Å². The van der Waals surface area contributed by atoms with Crippen LogP contribution in [0.5, 0.6) is 0 Å². The fourth-order valence-electron chi connectivity index (χ4n) is 2.00. The van der Waals surface area contributed by atoms with Crippen molar-refractivity contribution in [2.45, 2.75) is 12.8 Å². The van der Waals surface area contributed by atoms with E-state index >= 15 is 0 Å². The van der Waals surface area contributed by atoms with Gasteiger partial charge in [0.25, 0.3) is 5.56 Å². The Morgan fingerprint density at radius 2 is 1.71 bits per heavy atom. The fourth-order valence-corrected chi connectivity index (χ4v) is 2.69. The quantitative estimate of drug-likeness (QED) is 0.214. The molecule has 15 nitrogen and oxygen atoms in total. The smallest absolute Gasteiger partial charge is 0.350 e. The molecule has 0 saturated heterocycles. The molecular formula is C11H19N5O10P2. The number of aromatic nitrogens is 4. The number of nitrogens with zero attached hydrogens (tertiary/aromatic N) is 3. The summed E-state index contributed by atoms with van der Waals surface area (Å²) in [7, 11) is -8.81. The van der Waals surface area contributed by atoms with E-state index < -0.39 is 39.6 Å². The number of nitrogens with two attached hydrogens (primary N) is 1. The highest BCUT2D eigenvalue weighted by molar-refractivity contribution is 7.51. The number of H-pyrrole nitrogens is 1. The van der Waals surface area contributed by atoms with E-state index in [1.54, 1.807) is 0 Å². The number of nitrogens with one attached hydrogen (secondary N) is 1. The van der Waals surface area contributed by atoms with Crippen LogP contribution in [0.25, 0.3) is 11.2 Å². The van der Waals surface area contributed by atoms with Crippen LogP contribution in [-0.2, 0) is 30.1 Å². The van der Waals surface area contributed by atoms with Gasteiger partial charge in [-0.1, -0.05) is 0 Å². The van der Waals surface area contributed by atoms with Crippen LogP contribution in [0.15, 0.2) is 11.1 Å². The molecule has 0 bridgehead atoms. The van der Waals surface area contributed by atoms with Crippen molar-refractivity contribution in [1.82, 2.24) is 19.5 Å². The summed E-state index contributed by atoms with van der Waals surface area (Å²) in [5.74, 6) is -0.134. The van der Waals surface area contributed by atoms with Gasteiger partial charge < -0.3 is 39.5 Å². The number of ether oxygens (including phenoxy) is 3. The maximum atomic E-state index is 11.7. The highest BCUT2D eigenvalue weighted by Gasteiger charge is 2.19. The lowest BCUT2D eigenvalue weighted by Crippen LogP contribution is -2.27. The summed E-state index contributed by atoms with van der Waals surface area (Å²) >= 11 is 0. The number of rotatable bonds is 11. The zero-order valence-corrected chi connectivity index (χ0v) is 16.0. The lowest BCUT2D eigenvalue weighted by atomic mass is 10.4. The summed E-state index contributed by atoms with van der Waals surface area (Å²) in [5, 5.41) is 0. The Morgan fingerprint density at radius 1 is 1.14 bits per heavy atom. The predicted octanol–water partition coefficient (Wildman–Crippen LogP) is -1.65. The third-order valence-corrected chi connectivity index (χ3v) is 4.11. The van der Waals surface area contributed by atoms with Gasteiger partial charge in [0.05, 0.1) is 19.5 Å². The average molecular weight is 443 g/mol. The first-order valence-corrected chi connectivity index (χ1v) is 11.1. The number of nitrogen functional groups attached to an aromatic ring is 1. The third-order valence-electron chi connectivity index (χ3n) is 3.07. The summed E-state index contributed by atoms with van der Waals surface area (Å²) < 4.78 is 38.2. The zero-order chi connectivity index (χ0) is 20.9. The lowest BCUT2D eigenvalue weighted by molar-refractivity contribution is -0.0729. The zero-order valence-electron chi connectivity index (χ0n) is 14.2. The Morgan fingerprint density at radius 3 is 2.25 bits per heavy atom. The van der Waals surface area contributed by atoms with E-state index in [1.807, 2.05) is 0 Å². The van der Waals surface area contributed by atoms with Gasteiger partial charge in [0.15, 0.2) is 11.2 Å². The van der Waals surface area contributed by atoms with E-state index in [0.717, 1.165) is 0 Å². The number of anilines is 1. The van der Waals surface area contributed by atoms with Crippen LogP contribution in [0.2, 0.25) is 0 Å². The Bertz CT molecular complexity index is 921. The van der Waals surface area contributed by atoms with Crippen molar-refractivity contribution in [3.8, 4) is 0 Å². The fraction of sp³-hybridized carbons (Fsp3) is 0.545. The molecule has 2 aromatic rings. The molecule has 0 unspecified atom stereocenters. The second-order valence-electron chi connectivity index (χ2n) is 5.58. The standard InChI is InChI=1S/C11H19N5O10P2/c12-11-14-9-8(10(17)15-11)13-3-16(9)4-26-7(1-24-5-27(18,19)20)2-25-6-28(21,22)23/h3,7H,1-2,4-6H2,(H2,18,19,20)(H2,21,22,23)(H3,12,14,15,17). The van der Waals surface area contributed by atoms with Gasteiger partial charge in [-0.05, 0) is 0 Å². The first kappa shape index (κ1) is 22.6. The second kappa shape index (κ2) is 9.22. The minimum Gasteiger partial charge on any atom is -0.369 e. The van der Waals surface area contributed by atoms with Gasteiger partial charge in [0.2, 0.25) is 5.95 Å². The van der Waals surface area contributed by atoms with Gasteiger partial charge >= 0.3 is 15.2 Å². The normalized spacial score (nSPS) is 12.9. The number of aromatic amines is 1. The number of fused-ring (bicyclic) bond motifs is 1. The number of imidazole rings is 1. The number of hydrogen-bond donors (Lipinski definition) is 6. The monoisotopic (exact) mass is 443 g/mol. The van der Waals surface area contributed by atoms with E-state index in [9.17, 15) is 13.9 Å². The van der Waals surface area contributed by atoms with Crippen LogP contribution < -0.4 is 11.3 Å². The molecule has 0 atom stereocenters. The van der Waals surface area contributed by atoms with Crippen molar-refractivity contribution < 1.29 is 42.9 Å². The summed E-state index contributed by atoms with van der Waals surface area (Å²) in [4.78, 5) is 57.1. The Balaban J connectivity index is 2.03. The Labute approximate surface area is 156 Å². The summed E-state index contributed by atoms with van der Waals surface area (Å²) in [6, 6.07) is 0. The van der Waals surface area contributed by atoms with Gasteiger partial charge in [-0.2, -0.15) is 4.98 Å². The van der Waals surface area contributed by atoms with Crippen LogP contribution in [0, 0.1) is 0 Å². The van der Waals surface area contributed by atoms with Crippen molar-refractivity contribution in [3.05, 3.63) is 16.7 Å². The predicted molar refractivity (Wildman–Crippen MR) is 93.2 cm³/mol. The highest BCUT2D eigenvalue weighted by Crippen LogP contribution is 2.34. The van der Waals surface area contributed by atoms with Gasteiger partial charge in [0.1, 0.15) is 25.5 Å². The molecule has 2 aromatic heterocycles. The van der Waals surface area contributed by atoms with E-state index in [-0.39, 0.29) is 37.1 Å².